The van der Waals surface area contributed by atoms with E-state index in [1.165, 1.54) is 22.7 Å². The van der Waals surface area contributed by atoms with Gasteiger partial charge < -0.3 is 0 Å². The molecule has 0 aliphatic rings. The van der Waals surface area contributed by atoms with E-state index in [-0.39, 0.29) is 5.91 Å². The number of hydrogen-bond donors (Lipinski definition) is 1. The first-order chi connectivity index (χ1) is 10.1. The molecule has 3 aromatic rings. The largest absolute Gasteiger partial charge is 0.298 e. The van der Waals surface area contributed by atoms with E-state index in [2.05, 4.69) is 26.2 Å². The molecular formula is C14H8BrClN2OS2. The summed E-state index contributed by atoms with van der Waals surface area (Å²) in [5.41, 5.74) is 1.40. The molecular weight excluding hydrogens is 392 g/mol. The average molecular weight is 400 g/mol. The van der Waals surface area contributed by atoms with Crippen molar-refractivity contribution in [1.82, 2.24) is 4.98 Å². The molecule has 0 spiro atoms. The second-order valence-corrected chi connectivity index (χ2v) is 7.50. The third-order valence-corrected chi connectivity index (χ3v) is 5.37. The number of thiazole rings is 1. The summed E-state index contributed by atoms with van der Waals surface area (Å²) in [5.74, 6) is -0.187. The maximum atomic E-state index is 12.2. The molecule has 0 atom stereocenters. The van der Waals surface area contributed by atoms with Gasteiger partial charge in [-0.2, -0.15) is 0 Å². The highest BCUT2D eigenvalue weighted by Gasteiger charge is 2.12. The first-order valence-corrected chi connectivity index (χ1v) is 8.77. The van der Waals surface area contributed by atoms with E-state index in [9.17, 15) is 4.79 Å². The zero-order valence-electron chi connectivity index (χ0n) is 10.5. The highest BCUT2D eigenvalue weighted by molar-refractivity contribution is 9.10. The van der Waals surface area contributed by atoms with Gasteiger partial charge in [0.05, 0.1) is 20.5 Å². The third-order valence-electron chi connectivity index (χ3n) is 2.67. The number of nitrogens with zero attached hydrogens (tertiary/aromatic N) is 1. The SMILES string of the molecule is O=C(Nc1nc(-c2ccc(Cl)s2)cs1)c1ccccc1Br. The van der Waals surface area contributed by atoms with Gasteiger partial charge in [0.1, 0.15) is 0 Å². The lowest BCUT2D eigenvalue weighted by molar-refractivity contribution is 0.102. The number of carbonyl (C=O) groups is 1. The first kappa shape index (κ1) is 14.7. The Morgan fingerprint density at radius 2 is 2.05 bits per heavy atom. The van der Waals surface area contributed by atoms with Gasteiger partial charge in [0, 0.05) is 9.85 Å². The molecule has 1 amide bonds. The number of nitrogens with one attached hydrogen (secondary N) is 1. The van der Waals surface area contributed by atoms with Gasteiger partial charge in [-0.05, 0) is 40.2 Å². The standard InChI is InChI=1S/C14H8BrClN2OS2/c15-9-4-2-1-3-8(9)13(19)18-14-17-10(7-20-14)11-5-6-12(16)21-11/h1-7H,(H,17,18,19). The molecule has 106 valence electrons. The number of hydrogen-bond acceptors (Lipinski definition) is 4. The fourth-order valence-corrected chi connectivity index (χ4v) is 3.95. The van der Waals surface area contributed by atoms with E-state index in [0.717, 1.165) is 19.4 Å². The van der Waals surface area contributed by atoms with E-state index >= 15 is 0 Å². The number of carbonyl (C=O) groups excluding carboxylic acids is 1. The molecule has 0 aliphatic carbocycles. The number of amides is 1. The smallest absolute Gasteiger partial charge is 0.258 e. The maximum absolute atomic E-state index is 12.2. The second kappa shape index (κ2) is 6.27. The second-order valence-electron chi connectivity index (χ2n) is 4.08. The van der Waals surface area contributed by atoms with Crippen molar-refractivity contribution in [2.45, 2.75) is 0 Å². The fraction of sp³-hybridized carbons (Fsp3) is 0. The lowest BCUT2D eigenvalue weighted by atomic mass is 10.2. The van der Waals surface area contributed by atoms with Crippen LogP contribution in [0.1, 0.15) is 10.4 Å². The summed E-state index contributed by atoms with van der Waals surface area (Å²) in [5, 5.41) is 5.27. The summed E-state index contributed by atoms with van der Waals surface area (Å²) in [7, 11) is 0. The minimum Gasteiger partial charge on any atom is -0.298 e. The fourth-order valence-electron chi connectivity index (χ4n) is 1.71. The lowest BCUT2D eigenvalue weighted by Crippen LogP contribution is -2.12. The number of thiophene rings is 1. The number of anilines is 1. The highest BCUT2D eigenvalue weighted by atomic mass is 79.9. The lowest BCUT2D eigenvalue weighted by Gasteiger charge is -2.03. The van der Waals surface area contributed by atoms with Crippen LogP contribution in [-0.4, -0.2) is 10.9 Å². The molecule has 1 N–H and O–H groups in total. The number of rotatable bonds is 3. The van der Waals surface area contributed by atoms with Gasteiger partial charge in [-0.15, -0.1) is 22.7 Å². The predicted molar refractivity (Wildman–Crippen MR) is 92.5 cm³/mol. The summed E-state index contributed by atoms with van der Waals surface area (Å²) in [6, 6.07) is 11.0. The number of benzene rings is 1. The van der Waals surface area contributed by atoms with Gasteiger partial charge in [0.15, 0.2) is 5.13 Å². The van der Waals surface area contributed by atoms with Crippen molar-refractivity contribution < 1.29 is 4.79 Å². The summed E-state index contributed by atoms with van der Waals surface area (Å²) in [6.07, 6.45) is 0. The molecule has 2 aromatic heterocycles. The Morgan fingerprint density at radius 3 is 2.76 bits per heavy atom. The summed E-state index contributed by atoms with van der Waals surface area (Å²) in [4.78, 5) is 17.6. The molecule has 3 rings (SSSR count). The van der Waals surface area contributed by atoms with Crippen LogP contribution in [0.25, 0.3) is 10.6 Å². The van der Waals surface area contributed by atoms with Crippen LogP contribution >= 0.6 is 50.2 Å². The molecule has 3 nitrogen and oxygen atoms in total. The third kappa shape index (κ3) is 3.35. The van der Waals surface area contributed by atoms with Gasteiger partial charge in [-0.3, -0.25) is 10.1 Å². The molecule has 7 heteroatoms. The molecule has 0 radical (unpaired) electrons. The van der Waals surface area contributed by atoms with Crippen molar-refractivity contribution >= 4 is 61.2 Å². The Kier molecular flexibility index (Phi) is 4.40. The molecule has 0 saturated carbocycles. The minimum atomic E-state index is -0.187. The molecule has 0 bridgehead atoms. The van der Waals surface area contributed by atoms with Crippen molar-refractivity contribution in [3.05, 3.63) is 56.2 Å². The highest BCUT2D eigenvalue weighted by Crippen LogP contribution is 2.33. The molecule has 0 aliphatic heterocycles. The van der Waals surface area contributed by atoms with Crippen LogP contribution in [0.15, 0.2) is 46.3 Å². The van der Waals surface area contributed by atoms with Crippen molar-refractivity contribution in [3.63, 3.8) is 0 Å². The molecule has 2 heterocycles. The molecule has 0 saturated heterocycles. The topological polar surface area (TPSA) is 42.0 Å². The van der Waals surface area contributed by atoms with E-state index in [0.29, 0.717) is 10.7 Å². The van der Waals surface area contributed by atoms with E-state index < -0.39 is 0 Å². The Balaban J connectivity index is 1.79. The maximum Gasteiger partial charge on any atom is 0.258 e. The van der Waals surface area contributed by atoms with Crippen molar-refractivity contribution in [3.8, 4) is 10.6 Å². The zero-order valence-corrected chi connectivity index (χ0v) is 14.4. The van der Waals surface area contributed by atoms with Crippen molar-refractivity contribution in [1.29, 1.82) is 0 Å². The van der Waals surface area contributed by atoms with Gasteiger partial charge in [0.25, 0.3) is 5.91 Å². The van der Waals surface area contributed by atoms with Crippen LogP contribution in [0.4, 0.5) is 5.13 Å². The van der Waals surface area contributed by atoms with E-state index in [1.807, 2.05) is 35.7 Å². The number of halogens is 2. The normalized spacial score (nSPS) is 10.6. The summed E-state index contributed by atoms with van der Waals surface area (Å²) < 4.78 is 1.47. The Hall–Kier alpha value is -1.21. The average Bonchev–Trinajstić information content (AvgIpc) is 3.08. The Labute approximate surface area is 142 Å². The zero-order chi connectivity index (χ0) is 14.8. The van der Waals surface area contributed by atoms with Crippen LogP contribution in [0, 0.1) is 0 Å². The van der Waals surface area contributed by atoms with Crippen molar-refractivity contribution in [2.75, 3.05) is 5.32 Å². The molecule has 0 fully saturated rings. The van der Waals surface area contributed by atoms with Gasteiger partial charge in [-0.25, -0.2) is 4.98 Å². The quantitative estimate of drug-likeness (QED) is 0.628. The predicted octanol–water partition coefficient (Wildman–Crippen LogP) is 5.54. The number of aromatic nitrogens is 1. The van der Waals surface area contributed by atoms with Crippen LogP contribution in [0.2, 0.25) is 4.34 Å². The molecule has 1 aromatic carbocycles. The van der Waals surface area contributed by atoms with Crippen molar-refractivity contribution in [2.24, 2.45) is 0 Å². The molecule has 21 heavy (non-hydrogen) atoms. The van der Waals surface area contributed by atoms with Gasteiger partial charge in [0.2, 0.25) is 0 Å². The summed E-state index contributed by atoms with van der Waals surface area (Å²) >= 11 is 12.1. The minimum absolute atomic E-state index is 0.187. The van der Waals surface area contributed by atoms with Crippen LogP contribution < -0.4 is 5.32 Å². The van der Waals surface area contributed by atoms with E-state index in [4.69, 9.17) is 11.6 Å². The Morgan fingerprint density at radius 1 is 1.24 bits per heavy atom. The van der Waals surface area contributed by atoms with Gasteiger partial charge >= 0.3 is 0 Å². The molecule has 0 unspecified atom stereocenters. The first-order valence-electron chi connectivity index (χ1n) is 5.90. The summed E-state index contributed by atoms with van der Waals surface area (Å²) in [6.45, 7) is 0. The Bertz CT molecular complexity index is 800. The van der Waals surface area contributed by atoms with Crippen LogP contribution in [-0.2, 0) is 0 Å². The van der Waals surface area contributed by atoms with E-state index in [1.54, 1.807) is 6.07 Å². The monoisotopic (exact) mass is 398 g/mol. The van der Waals surface area contributed by atoms with Crippen LogP contribution in [0.5, 0.6) is 0 Å². The van der Waals surface area contributed by atoms with Crippen LogP contribution in [0.3, 0.4) is 0 Å². The van der Waals surface area contributed by atoms with Gasteiger partial charge in [-0.1, -0.05) is 23.7 Å².